The number of imide groups is 1. The first-order chi connectivity index (χ1) is 17.3. The highest BCUT2D eigenvalue weighted by atomic mass is 32.1. The fourth-order valence-electron chi connectivity index (χ4n) is 6.28. The van der Waals surface area contributed by atoms with Crippen molar-refractivity contribution in [2.45, 2.75) is 32.2 Å². The Morgan fingerprint density at radius 2 is 1.89 bits per heavy atom. The first-order valence-corrected chi connectivity index (χ1v) is 12.7. The minimum Gasteiger partial charge on any atom is -0.505 e. The van der Waals surface area contributed by atoms with Gasteiger partial charge in [-0.3, -0.25) is 24.1 Å². The zero-order valence-electron chi connectivity index (χ0n) is 19.4. The smallest absolute Gasteiger partial charge is 0.234 e. The van der Waals surface area contributed by atoms with Crippen molar-refractivity contribution in [1.82, 2.24) is 4.90 Å². The predicted octanol–water partition coefficient (Wildman–Crippen LogP) is 4.22. The monoisotopic (exact) mass is 503 g/mol. The molecule has 2 amide bonds. The van der Waals surface area contributed by atoms with Gasteiger partial charge in [0.25, 0.3) is 0 Å². The van der Waals surface area contributed by atoms with Gasteiger partial charge >= 0.3 is 0 Å². The summed E-state index contributed by atoms with van der Waals surface area (Å²) in [6.45, 7) is 1.77. The number of carbonyl (C=O) groups excluding carboxylic acids is 4. The predicted molar refractivity (Wildman–Crippen MR) is 129 cm³/mol. The summed E-state index contributed by atoms with van der Waals surface area (Å²) in [5, 5.41) is 12.5. The lowest BCUT2D eigenvalue weighted by Crippen LogP contribution is -2.39. The van der Waals surface area contributed by atoms with Crippen LogP contribution in [0.1, 0.15) is 36.1 Å². The number of ketones is 2. The molecule has 4 atom stereocenters. The summed E-state index contributed by atoms with van der Waals surface area (Å²) >= 11 is 1.47. The Morgan fingerprint density at radius 1 is 1.08 bits per heavy atom. The molecule has 4 aliphatic rings. The Kier molecular flexibility index (Phi) is 5.19. The second-order valence-electron chi connectivity index (χ2n) is 9.75. The number of hydrogen-bond donors (Lipinski definition) is 1. The van der Waals surface area contributed by atoms with E-state index in [1.54, 1.807) is 6.92 Å². The SMILES string of the molecule is CC1=CC(=O)C2=C(C[C@@H]3C(=CC[C@@H]4C(=O)N(Cc5cccs5)C(=O)[C@@H]43)[C@@H]2c2cccc(F)c2O)C1=O. The van der Waals surface area contributed by atoms with E-state index in [1.807, 2.05) is 23.6 Å². The fourth-order valence-corrected chi connectivity index (χ4v) is 6.97. The Labute approximate surface area is 210 Å². The van der Waals surface area contributed by atoms with Crippen LogP contribution in [0.3, 0.4) is 0 Å². The van der Waals surface area contributed by atoms with Crippen LogP contribution >= 0.6 is 11.3 Å². The maximum atomic E-state index is 14.4. The maximum absolute atomic E-state index is 14.4. The van der Waals surface area contributed by atoms with Crippen LogP contribution in [0.15, 0.2) is 70.2 Å². The highest BCUT2D eigenvalue weighted by Crippen LogP contribution is 2.56. The van der Waals surface area contributed by atoms with E-state index < -0.39 is 35.2 Å². The molecule has 1 saturated heterocycles. The second-order valence-corrected chi connectivity index (χ2v) is 10.8. The van der Waals surface area contributed by atoms with Gasteiger partial charge in [-0.05, 0) is 49.3 Å². The number of carbonyl (C=O) groups is 4. The number of fused-ring (bicyclic) bond motifs is 3. The Bertz CT molecular complexity index is 1450. The third-order valence-corrected chi connectivity index (χ3v) is 8.74. The van der Waals surface area contributed by atoms with Gasteiger partial charge in [0.05, 0.1) is 18.4 Å². The van der Waals surface area contributed by atoms with Crippen molar-refractivity contribution < 1.29 is 28.7 Å². The second kappa shape index (κ2) is 8.20. The van der Waals surface area contributed by atoms with Crippen LogP contribution in [-0.2, 0) is 25.7 Å². The maximum Gasteiger partial charge on any atom is 0.234 e. The summed E-state index contributed by atoms with van der Waals surface area (Å²) in [4.78, 5) is 55.6. The molecule has 0 spiro atoms. The van der Waals surface area contributed by atoms with E-state index in [9.17, 15) is 28.7 Å². The molecule has 0 saturated carbocycles. The molecule has 6 rings (SSSR count). The summed E-state index contributed by atoms with van der Waals surface area (Å²) < 4.78 is 14.4. The van der Waals surface area contributed by atoms with Crippen LogP contribution in [0.2, 0.25) is 0 Å². The first-order valence-electron chi connectivity index (χ1n) is 11.8. The third-order valence-electron chi connectivity index (χ3n) is 7.88. The van der Waals surface area contributed by atoms with Gasteiger partial charge < -0.3 is 5.11 Å². The van der Waals surface area contributed by atoms with Crippen LogP contribution in [0, 0.1) is 23.6 Å². The zero-order chi connectivity index (χ0) is 25.3. The Hall–Kier alpha value is -3.65. The van der Waals surface area contributed by atoms with Crippen LogP contribution < -0.4 is 0 Å². The van der Waals surface area contributed by atoms with Crippen LogP contribution in [0.5, 0.6) is 5.75 Å². The number of amides is 2. The molecule has 8 heteroatoms. The summed E-state index contributed by atoms with van der Waals surface area (Å²) in [5.41, 5.74) is 1.67. The average Bonchev–Trinajstić information content (AvgIpc) is 3.46. The number of benzene rings is 1. The molecule has 3 aliphatic carbocycles. The van der Waals surface area contributed by atoms with Gasteiger partial charge in [-0.2, -0.15) is 0 Å². The summed E-state index contributed by atoms with van der Waals surface area (Å²) in [5.74, 6) is -5.21. The van der Waals surface area contributed by atoms with Crippen molar-refractivity contribution in [3.8, 4) is 5.75 Å². The van der Waals surface area contributed by atoms with E-state index >= 15 is 0 Å². The number of allylic oxidation sites excluding steroid dienone is 6. The minimum absolute atomic E-state index is 0.149. The number of hydrogen-bond acceptors (Lipinski definition) is 6. The molecule has 1 aromatic carbocycles. The third kappa shape index (κ3) is 3.20. The number of para-hydroxylation sites is 1. The van der Waals surface area contributed by atoms with E-state index in [-0.39, 0.29) is 53.1 Å². The fraction of sp³-hybridized carbons (Fsp3) is 0.286. The molecule has 36 heavy (non-hydrogen) atoms. The van der Waals surface area contributed by atoms with Gasteiger partial charge in [0.2, 0.25) is 11.8 Å². The van der Waals surface area contributed by atoms with Gasteiger partial charge in [0.1, 0.15) is 0 Å². The van der Waals surface area contributed by atoms with Gasteiger partial charge in [-0.15, -0.1) is 11.3 Å². The van der Waals surface area contributed by atoms with E-state index in [0.717, 1.165) is 10.9 Å². The van der Waals surface area contributed by atoms with Gasteiger partial charge in [0.15, 0.2) is 23.1 Å². The van der Waals surface area contributed by atoms with Crippen molar-refractivity contribution >= 4 is 34.7 Å². The van der Waals surface area contributed by atoms with Crippen LogP contribution in [0.25, 0.3) is 0 Å². The minimum atomic E-state index is -0.870. The zero-order valence-corrected chi connectivity index (χ0v) is 20.2. The van der Waals surface area contributed by atoms with Crippen LogP contribution in [-0.4, -0.2) is 33.4 Å². The lowest BCUT2D eigenvalue weighted by atomic mass is 9.59. The van der Waals surface area contributed by atoms with E-state index in [2.05, 4.69) is 0 Å². The lowest BCUT2D eigenvalue weighted by Gasteiger charge is -2.42. The highest BCUT2D eigenvalue weighted by molar-refractivity contribution is 7.09. The van der Waals surface area contributed by atoms with E-state index in [0.29, 0.717) is 17.6 Å². The number of nitrogens with zero attached hydrogens (tertiary/aromatic N) is 1. The summed E-state index contributed by atoms with van der Waals surface area (Å²) in [6, 6.07) is 7.85. The van der Waals surface area contributed by atoms with Gasteiger partial charge in [0, 0.05) is 33.1 Å². The lowest BCUT2D eigenvalue weighted by molar-refractivity contribution is -0.140. The molecule has 0 unspecified atom stereocenters. The summed E-state index contributed by atoms with van der Waals surface area (Å²) in [6.07, 6.45) is 3.59. The van der Waals surface area contributed by atoms with Crippen molar-refractivity contribution in [2.75, 3.05) is 0 Å². The van der Waals surface area contributed by atoms with Crippen molar-refractivity contribution in [2.24, 2.45) is 17.8 Å². The molecular formula is C28H22FNO5S. The normalized spacial score (nSPS) is 27.6. The number of halogens is 1. The standard InChI is InChI=1S/C28H22FNO5S/c1-13-10-21(31)24-19(25(13)32)11-18-15(22(24)16-5-2-6-20(29)26(16)33)7-8-17-23(18)28(35)30(27(17)34)12-14-4-3-9-36-14/h2-7,9-10,17-18,22-23,33H,8,11-12H2,1H3/t17-,18+,22+,23-/m0/s1. The number of Topliss-reactive ketones (excluding diaryl/α,β-unsaturated/α-hetero) is 1. The summed E-state index contributed by atoms with van der Waals surface area (Å²) in [7, 11) is 0. The van der Waals surface area contributed by atoms with Crippen molar-refractivity contribution in [3.05, 3.63) is 86.4 Å². The molecule has 1 N–H and O–H groups in total. The average molecular weight is 504 g/mol. The Balaban J connectivity index is 1.48. The van der Waals surface area contributed by atoms with E-state index in [4.69, 9.17) is 0 Å². The van der Waals surface area contributed by atoms with Gasteiger partial charge in [-0.1, -0.05) is 29.8 Å². The number of phenolic OH excluding ortho intramolecular Hbond substituents is 1. The molecule has 2 aromatic rings. The molecule has 1 aliphatic heterocycles. The molecule has 0 bridgehead atoms. The quantitative estimate of drug-likeness (QED) is 0.385. The first kappa shape index (κ1) is 22.8. The number of thiophene rings is 1. The molecule has 1 fully saturated rings. The highest BCUT2D eigenvalue weighted by Gasteiger charge is 2.56. The molecule has 0 radical (unpaired) electrons. The van der Waals surface area contributed by atoms with Gasteiger partial charge in [-0.25, -0.2) is 4.39 Å². The molecule has 2 heterocycles. The number of aromatic hydroxyl groups is 1. The largest absolute Gasteiger partial charge is 0.505 e. The molecule has 6 nitrogen and oxygen atoms in total. The Morgan fingerprint density at radius 3 is 2.64 bits per heavy atom. The number of phenols is 1. The van der Waals surface area contributed by atoms with Crippen molar-refractivity contribution in [3.63, 3.8) is 0 Å². The van der Waals surface area contributed by atoms with Crippen molar-refractivity contribution in [1.29, 1.82) is 0 Å². The topological polar surface area (TPSA) is 91.8 Å². The van der Waals surface area contributed by atoms with E-state index in [1.165, 1.54) is 34.4 Å². The molecule has 182 valence electrons. The molecule has 1 aromatic heterocycles. The molecular weight excluding hydrogens is 481 g/mol. The number of likely N-dealkylation sites (tertiary alicyclic amines) is 1. The number of rotatable bonds is 3. The van der Waals surface area contributed by atoms with Crippen LogP contribution in [0.4, 0.5) is 4.39 Å².